The summed E-state index contributed by atoms with van der Waals surface area (Å²) in [5.41, 5.74) is 0.442. The van der Waals surface area contributed by atoms with Gasteiger partial charge in [0.1, 0.15) is 5.82 Å². The molecule has 2 N–H and O–H groups in total. The van der Waals surface area contributed by atoms with E-state index in [0.717, 1.165) is 31.6 Å². The highest BCUT2D eigenvalue weighted by Gasteiger charge is 2.21. The Morgan fingerprint density at radius 2 is 2.10 bits per heavy atom. The second-order valence-electron chi connectivity index (χ2n) is 5.80. The maximum absolute atomic E-state index is 13.1. The SMILES string of the molecule is CC1CCC(NC(=O)CC(O)c2cccc(F)c2)CC1. The third-order valence-corrected chi connectivity index (χ3v) is 3.99. The minimum absolute atomic E-state index is 0.0183. The van der Waals surface area contributed by atoms with E-state index in [1.54, 1.807) is 6.07 Å². The van der Waals surface area contributed by atoms with Gasteiger partial charge >= 0.3 is 0 Å². The first-order valence-electron chi connectivity index (χ1n) is 7.27. The van der Waals surface area contributed by atoms with Crippen LogP contribution in [0.3, 0.4) is 0 Å². The van der Waals surface area contributed by atoms with Crippen molar-refractivity contribution >= 4 is 5.91 Å². The number of nitrogens with one attached hydrogen (secondary N) is 1. The van der Waals surface area contributed by atoms with Crippen molar-refractivity contribution < 1.29 is 14.3 Å². The summed E-state index contributed by atoms with van der Waals surface area (Å²) in [5.74, 6) is 0.172. The van der Waals surface area contributed by atoms with Crippen LogP contribution in [-0.4, -0.2) is 17.1 Å². The van der Waals surface area contributed by atoms with Crippen molar-refractivity contribution in [1.29, 1.82) is 0 Å². The summed E-state index contributed by atoms with van der Waals surface area (Å²) < 4.78 is 13.1. The van der Waals surface area contributed by atoms with E-state index in [4.69, 9.17) is 0 Å². The van der Waals surface area contributed by atoms with Crippen molar-refractivity contribution in [2.45, 2.75) is 51.2 Å². The van der Waals surface area contributed by atoms with Crippen LogP contribution in [0.2, 0.25) is 0 Å². The van der Waals surface area contributed by atoms with Gasteiger partial charge in [0.15, 0.2) is 0 Å². The van der Waals surface area contributed by atoms with Gasteiger partial charge in [0.2, 0.25) is 5.91 Å². The van der Waals surface area contributed by atoms with Crippen LogP contribution in [0.1, 0.15) is 50.7 Å². The highest BCUT2D eigenvalue weighted by molar-refractivity contribution is 5.77. The van der Waals surface area contributed by atoms with Crippen molar-refractivity contribution in [2.24, 2.45) is 5.92 Å². The highest BCUT2D eigenvalue weighted by atomic mass is 19.1. The maximum atomic E-state index is 13.1. The molecule has 1 amide bonds. The van der Waals surface area contributed by atoms with Crippen molar-refractivity contribution in [1.82, 2.24) is 5.32 Å². The molecule has 0 heterocycles. The Morgan fingerprint density at radius 3 is 2.75 bits per heavy atom. The van der Waals surface area contributed by atoms with Gasteiger partial charge in [0.25, 0.3) is 0 Å². The lowest BCUT2D eigenvalue weighted by Crippen LogP contribution is -2.37. The smallest absolute Gasteiger partial charge is 0.223 e. The van der Waals surface area contributed by atoms with Gasteiger partial charge in [0.05, 0.1) is 12.5 Å². The Balaban J connectivity index is 1.82. The van der Waals surface area contributed by atoms with E-state index in [1.807, 2.05) is 0 Å². The Bertz CT molecular complexity index is 456. The van der Waals surface area contributed by atoms with Crippen LogP contribution in [-0.2, 0) is 4.79 Å². The fourth-order valence-corrected chi connectivity index (χ4v) is 2.70. The normalized spacial score (nSPS) is 24.1. The van der Waals surface area contributed by atoms with Crippen LogP contribution in [0, 0.1) is 11.7 Å². The van der Waals surface area contributed by atoms with Gasteiger partial charge in [-0.1, -0.05) is 19.1 Å². The van der Waals surface area contributed by atoms with Crippen molar-refractivity contribution in [3.05, 3.63) is 35.6 Å². The molecule has 1 aromatic carbocycles. The first kappa shape index (κ1) is 15.0. The van der Waals surface area contributed by atoms with Crippen LogP contribution in [0.25, 0.3) is 0 Å². The van der Waals surface area contributed by atoms with Crippen LogP contribution in [0.5, 0.6) is 0 Å². The molecule has 3 nitrogen and oxygen atoms in total. The van der Waals surface area contributed by atoms with E-state index in [-0.39, 0.29) is 18.4 Å². The number of aliphatic hydroxyl groups excluding tert-OH is 1. The number of hydrogen-bond donors (Lipinski definition) is 2. The van der Waals surface area contributed by atoms with Crippen LogP contribution >= 0.6 is 0 Å². The topological polar surface area (TPSA) is 49.3 Å². The summed E-state index contributed by atoms with van der Waals surface area (Å²) in [6.45, 7) is 2.23. The Hall–Kier alpha value is -1.42. The largest absolute Gasteiger partial charge is 0.388 e. The minimum atomic E-state index is -0.951. The minimum Gasteiger partial charge on any atom is -0.388 e. The summed E-state index contributed by atoms with van der Waals surface area (Å²) in [7, 11) is 0. The quantitative estimate of drug-likeness (QED) is 0.890. The molecule has 1 atom stereocenters. The van der Waals surface area contributed by atoms with E-state index >= 15 is 0 Å². The number of aliphatic hydroxyl groups is 1. The molecule has 1 unspecified atom stereocenters. The molecule has 0 saturated heterocycles. The zero-order valence-corrected chi connectivity index (χ0v) is 11.8. The fraction of sp³-hybridized carbons (Fsp3) is 0.562. The highest BCUT2D eigenvalue weighted by Crippen LogP contribution is 2.24. The van der Waals surface area contributed by atoms with E-state index < -0.39 is 11.9 Å². The molecule has 1 fully saturated rings. The van der Waals surface area contributed by atoms with Crippen LogP contribution in [0.15, 0.2) is 24.3 Å². The number of amides is 1. The van der Waals surface area contributed by atoms with Gasteiger partial charge < -0.3 is 10.4 Å². The molecular formula is C16H22FNO2. The second-order valence-corrected chi connectivity index (χ2v) is 5.80. The molecule has 20 heavy (non-hydrogen) atoms. The van der Waals surface area contributed by atoms with E-state index in [1.165, 1.54) is 18.2 Å². The molecule has 1 aromatic rings. The van der Waals surface area contributed by atoms with Gasteiger partial charge in [0, 0.05) is 6.04 Å². The molecule has 0 aliphatic heterocycles. The van der Waals surface area contributed by atoms with Gasteiger partial charge in [-0.05, 0) is 49.3 Å². The van der Waals surface area contributed by atoms with Gasteiger partial charge in [-0.2, -0.15) is 0 Å². The van der Waals surface area contributed by atoms with Crippen LogP contribution < -0.4 is 5.32 Å². The molecule has 0 spiro atoms. The van der Waals surface area contributed by atoms with Crippen molar-refractivity contribution in [3.63, 3.8) is 0 Å². The lowest BCUT2D eigenvalue weighted by molar-refractivity contribution is -0.124. The Kier molecular flexibility index (Phi) is 5.12. The zero-order valence-electron chi connectivity index (χ0n) is 11.8. The number of hydrogen-bond acceptors (Lipinski definition) is 2. The van der Waals surface area contributed by atoms with Crippen LogP contribution in [0.4, 0.5) is 4.39 Å². The molecule has 1 aliphatic carbocycles. The summed E-state index contributed by atoms with van der Waals surface area (Å²) >= 11 is 0. The molecule has 0 bridgehead atoms. The zero-order chi connectivity index (χ0) is 14.5. The number of benzene rings is 1. The molecular weight excluding hydrogens is 257 g/mol. The number of halogens is 1. The maximum Gasteiger partial charge on any atom is 0.223 e. The molecule has 1 aliphatic rings. The Morgan fingerprint density at radius 1 is 1.40 bits per heavy atom. The third-order valence-electron chi connectivity index (χ3n) is 3.99. The van der Waals surface area contributed by atoms with E-state index in [2.05, 4.69) is 12.2 Å². The van der Waals surface area contributed by atoms with Crippen molar-refractivity contribution in [2.75, 3.05) is 0 Å². The Labute approximate surface area is 119 Å². The van der Waals surface area contributed by atoms with Gasteiger partial charge in [-0.15, -0.1) is 0 Å². The van der Waals surface area contributed by atoms with Crippen molar-refractivity contribution in [3.8, 4) is 0 Å². The standard InChI is InChI=1S/C16H22FNO2/c1-11-5-7-14(8-6-11)18-16(20)10-15(19)12-3-2-4-13(17)9-12/h2-4,9,11,14-15,19H,5-8,10H2,1H3,(H,18,20). The number of carbonyl (C=O) groups excluding carboxylic acids is 1. The van der Waals surface area contributed by atoms with Gasteiger partial charge in [-0.25, -0.2) is 4.39 Å². The first-order valence-corrected chi connectivity index (χ1v) is 7.27. The number of carbonyl (C=O) groups is 1. The lowest BCUT2D eigenvalue weighted by Gasteiger charge is -2.27. The second kappa shape index (κ2) is 6.84. The predicted molar refractivity (Wildman–Crippen MR) is 75.5 cm³/mol. The predicted octanol–water partition coefficient (Wildman–Crippen LogP) is 2.94. The number of rotatable bonds is 4. The molecule has 0 aromatic heterocycles. The monoisotopic (exact) mass is 279 g/mol. The average molecular weight is 279 g/mol. The molecule has 110 valence electrons. The van der Waals surface area contributed by atoms with E-state index in [0.29, 0.717) is 5.56 Å². The summed E-state index contributed by atoms with van der Waals surface area (Å²) in [6, 6.07) is 5.97. The summed E-state index contributed by atoms with van der Waals surface area (Å²) in [4.78, 5) is 11.9. The molecule has 4 heteroatoms. The molecule has 0 radical (unpaired) electrons. The average Bonchev–Trinajstić information content (AvgIpc) is 2.41. The molecule has 2 rings (SSSR count). The third kappa shape index (κ3) is 4.30. The summed E-state index contributed by atoms with van der Waals surface area (Å²) in [6.07, 6.45) is 3.31. The summed E-state index contributed by atoms with van der Waals surface area (Å²) in [5, 5.41) is 12.9. The lowest BCUT2D eigenvalue weighted by atomic mass is 9.87. The molecule has 1 saturated carbocycles. The van der Waals surface area contributed by atoms with E-state index in [9.17, 15) is 14.3 Å². The van der Waals surface area contributed by atoms with Gasteiger partial charge in [-0.3, -0.25) is 4.79 Å². The first-order chi connectivity index (χ1) is 9.54. The fourth-order valence-electron chi connectivity index (χ4n) is 2.70.